The molecule has 1 aliphatic heterocycles. The summed E-state index contributed by atoms with van der Waals surface area (Å²) in [5.41, 5.74) is 1.22. The average molecular weight is 294 g/mol. The fourth-order valence-electron chi connectivity index (χ4n) is 2.47. The molecule has 1 heterocycles. The third-order valence-corrected chi connectivity index (χ3v) is 3.79. The van der Waals surface area contributed by atoms with E-state index < -0.39 is 0 Å². The van der Waals surface area contributed by atoms with Crippen molar-refractivity contribution in [3.63, 3.8) is 0 Å². The standard InChI is InChI=1S/C16H26N2O3/c1-4-18(8-9-19-5-2)11-14(17-3)13-6-7-15-16(10-13)21-12-20-15/h6-7,10,14,17H,4-5,8-9,11-12H2,1-3H3. The highest BCUT2D eigenvalue weighted by atomic mass is 16.7. The van der Waals surface area contributed by atoms with Crippen molar-refractivity contribution in [2.75, 3.05) is 46.7 Å². The van der Waals surface area contributed by atoms with Crippen molar-refractivity contribution in [3.8, 4) is 11.5 Å². The molecule has 0 saturated carbocycles. The topological polar surface area (TPSA) is 43.0 Å². The lowest BCUT2D eigenvalue weighted by atomic mass is 10.1. The second-order valence-corrected chi connectivity index (χ2v) is 5.04. The average Bonchev–Trinajstić information content (AvgIpc) is 2.98. The van der Waals surface area contributed by atoms with Gasteiger partial charge in [-0.05, 0) is 38.2 Å². The zero-order valence-electron chi connectivity index (χ0n) is 13.2. The van der Waals surface area contributed by atoms with Gasteiger partial charge in [-0.3, -0.25) is 4.90 Å². The normalized spacial score (nSPS) is 14.7. The highest BCUT2D eigenvalue weighted by Crippen LogP contribution is 2.34. The molecular formula is C16H26N2O3. The minimum Gasteiger partial charge on any atom is -0.454 e. The van der Waals surface area contributed by atoms with Crippen molar-refractivity contribution in [3.05, 3.63) is 23.8 Å². The number of rotatable bonds is 9. The summed E-state index contributed by atoms with van der Waals surface area (Å²) < 4.78 is 16.3. The van der Waals surface area contributed by atoms with Crippen LogP contribution in [0, 0.1) is 0 Å². The summed E-state index contributed by atoms with van der Waals surface area (Å²) in [7, 11) is 1.99. The number of benzene rings is 1. The van der Waals surface area contributed by atoms with Crippen LogP contribution in [-0.4, -0.2) is 51.6 Å². The predicted molar refractivity (Wildman–Crippen MR) is 83.0 cm³/mol. The summed E-state index contributed by atoms with van der Waals surface area (Å²) in [5, 5.41) is 3.39. The largest absolute Gasteiger partial charge is 0.454 e. The monoisotopic (exact) mass is 294 g/mol. The van der Waals surface area contributed by atoms with Crippen LogP contribution in [0.3, 0.4) is 0 Å². The van der Waals surface area contributed by atoms with E-state index in [9.17, 15) is 0 Å². The molecule has 0 spiro atoms. The van der Waals surface area contributed by atoms with Crippen molar-refractivity contribution in [1.29, 1.82) is 0 Å². The molecule has 1 atom stereocenters. The maximum absolute atomic E-state index is 5.46. The molecule has 1 aromatic rings. The molecule has 5 nitrogen and oxygen atoms in total. The molecule has 0 radical (unpaired) electrons. The van der Waals surface area contributed by atoms with E-state index in [1.165, 1.54) is 5.56 Å². The Morgan fingerprint density at radius 2 is 2.10 bits per heavy atom. The Morgan fingerprint density at radius 3 is 2.81 bits per heavy atom. The maximum atomic E-state index is 5.46. The smallest absolute Gasteiger partial charge is 0.231 e. The van der Waals surface area contributed by atoms with E-state index in [0.29, 0.717) is 6.79 Å². The van der Waals surface area contributed by atoms with Gasteiger partial charge < -0.3 is 19.5 Å². The highest BCUT2D eigenvalue weighted by molar-refractivity contribution is 5.45. The fraction of sp³-hybridized carbons (Fsp3) is 0.625. The number of likely N-dealkylation sites (N-methyl/N-ethyl adjacent to an activating group) is 2. The first kappa shape index (κ1) is 16.1. The van der Waals surface area contributed by atoms with E-state index in [1.807, 2.05) is 20.0 Å². The SMILES string of the molecule is CCOCCN(CC)CC(NC)c1ccc2c(c1)OCO2. The van der Waals surface area contributed by atoms with Crippen molar-refractivity contribution in [1.82, 2.24) is 10.2 Å². The lowest BCUT2D eigenvalue weighted by Gasteiger charge is -2.26. The summed E-state index contributed by atoms with van der Waals surface area (Å²) in [5.74, 6) is 1.67. The van der Waals surface area contributed by atoms with E-state index in [0.717, 1.165) is 44.3 Å². The Hall–Kier alpha value is -1.30. The van der Waals surface area contributed by atoms with E-state index in [1.54, 1.807) is 0 Å². The van der Waals surface area contributed by atoms with E-state index in [4.69, 9.17) is 14.2 Å². The van der Waals surface area contributed by atoms with Crippen molar-refractivity contribution >= 4 is 0 Å². The number of fused-ring (bicyclic) bond motifs is 1. The summed E-state index contributed by atoms with van der Waals surface area (Å²) in [6, 6.07) is 6.42. The first-order valence-corrected chi connectivity index (χ1v) is 7.65. The first-order valence-electron chi connectivity index (χ1n) is 7.65. The quantitative estimate of drug-likeness (QED) is 0.706. The number of hydrogen-bond acceptors (Lipinski definition) is 5. The van der Waals surface area contributed by atoms with Gasteiger partial charge >= 0.3 is 0 Å². The van der Waals surface area contributed by atoms with Gasteiger partial charge in [-0.15, -0.1) is 0 Å². The van der Waals surface area contributed by atoms with E-state index >= 15 is 0 Å². The molecule has 0 aliphatic carbocycles. The molecule has 1 aromatic carbocycles. The van der Waals surface area contributed by atoms with Crippen LogP contribution in [0.15, 0.2) is 18.2 Å². The number of ether oxygens (including phenoxy) is 3. The second kappa shape index (κ2) is 8.22. The zero-order chi connectivity index (χ0) is 15.1. The molecule has 0 aromatic heterocycles. The van der Waals surface area contributed by atoms with Crippen molar-refractivity contribution in [2.24, 2.45) is 0 Å². The Bertz CT molecular complexity index is 440. The van der Waals surface area contributed by atoms with Gasteiger partial charge in [-0.1, -0.05) is 13.0 Å². The van der Waals surface area contributed by atoms with Crippen LogP contribution < -0.4 is 14.8 Å². The summed E-state index contributed by atoms with van der Waals surface area (Å²) >= 11 is 0. The molecule has 0 saturated heterocycles. The fourth-order valence-corrected chi connectivity index (χ4v) is 2.47. The predicted octanol–water partition coefficient (Wildman–Crippen LogP) is 2.03. The van der Waals surface area contributed by atoms with Gasteiger partial charge in [-0.2, -0.15) is 0 Å². The van der Waals surface area contributed by atoms with E-state index in [-0.39, 0.29) is 6.04 Å². The second-order valence-electron chi connectivity index (χ2n) is 5.04. The molecule has 0 amide bonds. The van der Waals surface area contributed by atoms with Crippen LogP contribution in [0.2, 0.25) is 0 Å². The van der Waals surface area contributed by atoms with Crippen LogP contribution >= 0.6 is 0 Å². The molecule has 1 aliphatic rings. The maximum Gasteiger partial charge on any atom is 0.231 e. The summed E-state index contributed by atoms with van der Waals surface area (Å²) in [4.78, 5) is 2.39. The van der Waals surface area contributed by atoms with Crippen LogP contribution in [0.1, 0.15) is 25.5 Å². The number of nitrogens with one attached hydrogen (secondary N) is 1. The van der Waals surface area contributed by atoms with Crippen molar-refractivity contribution < 1.29 is 14.2 Å². The molecule has 2 rings (SSSR count). The first-order chi connectivity index (χ1) is 10.3. The van der Waals surface area contributed by atoms with Crippen LogP contribution in [0.25, 0.3) is 0 Å². The van der Waals surface area contributed by atoms with Crippen molar-refractivity contribution in [2.45, 2.75) is 19.9 Å². The minimum atomic E-state index is 0.265. The molecule has 5 heteroatoms. The molecular weight excluding hydrogens is 268 g/mol. The third kappa shape index (κ3) is 4.33. The zero-order valence-corrected chi connectivity index (χ0v) is 13.2. The lowest BCUT2D eigenvalue weighted by molar-refractivity contribution is 0.111. The molecule has 21 heavy (non-hydrogen) atoms. The molecule has 118 valence electrons. The Kier molecular flexibility index (Phi) is 6.29. The van der Waals surface area contributed by atoms with Gasteiger partial charge in [0, 0.05) is 25.7 Å². The van der Waals surface area contributed by atoms with Crippen LogP contribution in [-0.2, 0) is 4.74 Å². The Balaban J connectivity index is 1.98. The Labute approximate surface area is 127 Å². The van der Waals surface area contributed by atoms with Gasteiger partial charge in [0.15, 0.2) is 11.5 Å². The Morgan fingerprint density at radius 1 is 1.29 bits per heavy atom. The van der Waals surface area contributed by atoms with Gasteiger partial charge in [0.1, 0.15) is 0 Å². The molecule has 0 bridgehead atoms. The number of hydrogen-bond donors (Lipinski definition) is 1. The molecule has 1 N–H and O–H groups in total. The summed E-state index contributed by atoms with van der Waals surface area (Å²) in [6.07, 6.45) is 0. The highest BCUT2D eigenvalue weighted by Gasteiger charge is 2.18. The molecule has 1 unspecified atom stereocenters. The molecule has 0 fully saturated rings. The third-order valence-electron chi connectivity index (χ3n) is 3.79. The lowest BCUT2D eigenvalue weighted by Crippen LogP contribution is -2.35. The van der Waals surface area contributed by atoms with Gasteiger partial charge in [0.25, 0.3) is 0 Å². The van der Waals surface area contributed by atoms with Crippen LogP contribution in [0.4, 0.5) is 0 Å². The van der Waals surface area contributed by atoms with Gasteiger partial charge in [0.05, 0.1) is 6.61 Å². The van der Waals surface area contributed by atoms with Gasteiger partial charge in [0.2, 0.25) is 6.79 Å². The van der Waals surface area contributed by atoms with Gasteiger partial charge in [-0.25, -0.2) is 0 Å². The van der Waals surface area contributed by atoms with Crippen LogP contribution in [0.5, 0.6) is 11.5 Å². The summed E-state index contributed by atoms with van der Waals surface area (Å²) in [6.45, 7) is 8.98. The van der Waals surface area contributed by atoms with E-state index in [2.05, 4.69) is 29.3 Å². The minimum absolute atomic E-state index is 0.265. The number of nitrogens with zero attached hydrogens (tertiary/aromatic N) is 1.